The van der Waals surface area contributed by atoms with Gasteiger partial charge in [-0.15, -0.1) is 0 Å². The zero-order chi connectivity index (χ0) is 18.8. The first-order valence-electron chi connectivity index (χ1n) is 8.44. The maximum absolute atomic E-state index is 6.43. The Bertz CT molecular complexity index is 615. The fourth-order valence-electron chi connectivity index (χ4n) is 2.42. The van der Waals surface area contributed by atoms with Gasteiger partial charge < -0.3 is 4.84 Å². The SMILES string of the molecule is CC(C)(C)SC[C@H]1ON=C(c2c(Cl)cccc2Cl)[C@@H]1CSC(C)(C)C. The molecule has 0 amide bonds. The molecule has 0 bridgehead atoms. The van der Waals surface area contributed by atoms with Gasteiger partial charge in [-0.05, 0) is 12.1 Å². The lowest BCUT2D eigenvalue weighted by molar-refractivity contribution is 0.0842. The third-order valence-corrected chi connectivity index (χ3v) is 7.06. The molecule has 1 aliphatic rings. The van der Waals surface area contributed by atoms with Gasteiger partial charge in [0.1, 0.15) is 6.10 Å². The van der Waals surface area contributed by atoms with Crippen molar-refractivity contribution in [3.63, 3.8) is 0 Å². The number of benzene rings is 1. The summed E-state index contributed by atoms with van der Waals surface area (Å²) >= 11 is 16.7. The van der Waals surface area contributed by atoms with Crippen molar-refractivity contribution in [1.82, 2.24) is 0 Å². The largest absolute Gasteiger partial charge is 0.391 e. The van der Waals surface area contributed by atoms with Crippen molar-refractivity contribution in [2.24, 2.45) is 11.1 Å². The summed E-state index contributed by atoms with van der Waals surface area (Å²) in [4.78, 5) is 5.84. The summed E-state index contributed by atoms with van der Waals surface area (Å²) in [5.74, 6) is 2.00. The molecule has 0 N–H and O–H groups in total. The Balaban J connectivity index is 2.25. The summed E-state index contributed by atoms with van der Waals surface area (Å²) < 4.78 is 0.371. The maximum atomic E-state index is 6.43. The van der Waals surface area contributed by atoms with Gasteiger partial charge in [-0.2, -0.15) is 23.5 Å². The average Bonchev–Trinajstić information content (AvgIpc) is 2.84. The molecule has 0 aromatic heterocycles. The molecule has 140 valence electrons. The molecule has 0 saturated carbocycles. The van der Waals surface area contributed by atoms with Crippen LogP contribution in [-0.2, 0) is 4.84 Å². The normalized spacial score (nSPS) is 21.2. The number of oxime groups is 1. The number of hydrogen-bond acceptors (Lipinski definition) is 4. The van der Waals surface area contributed by atoms with Gasteiger partial charge >= 0.3 is 0 Å². The maximum Gasteiger partial charge on any atom is 0.145 e. The highest BCUT2D eigenvalue weighted by Crippen LogP contribution is 2.38. The average molecular weight is 420 g/mol. The van der Waals surface area contributed by atoms with Crippen molar-refractivity contribution in [2.75, 3.05) is 11.5 Å². The predicted octanol–water partition coefficient (Wildman–Crippen LogP) is 6.78. The van der Waals surface area contributed by atoms with Crippen LogP contribution >= 0.6 is 46.7 Å². The molecule has 25 heavy (non-hydrogen) atoms. The number of nitrogens with zero attached hydrogens (tertiary/aromatic N) is 1. The van der Waals surface area contributed by atoms with Crippen molar-refractivity contribution < 1.29 is 4.84 Å². The number of rotatable bonds is 5. The van der Waals surface area contributed by atoms with Crippen LogP contribution in [0, 0.1) is 5.92 Å². The highest BCUT2D eigenvalue weighted by molar-refractivity contribution is 8.01. The topological polar surface area (TPSA) is 21.6 Å². The van der Waals surface area contributed by atoms with Gasteiger partial charge in [-0.1, -0.05) is 76.0 Å². The number of halogens is 2. The van der Waals surface area contributed by atoms with E-state index in [0.717, 1.165) is 22.8 Å². The smallest absolute Gasteiger partial charge is 0.145 e. The Kier molecular flexibility index (Phi) is 7.09. The zero-order valence-electron chi connectivity index (χ0n) is 15.7. The lowest BCUT2D eigenvalue weighted by Crippen LogP contribution is -2.31. The van der Waals surface area contributed by atoms with Gasteiger partial charge in [0, 0.05) is 26.6 Å². The van der Waals surface area contributed by atoms with Gasteiger partial charge in [0.05, 0.1) is 21.7 Å². The third kappa shape index (κ3) is 6.27. The van der Waals surface area contributed by atoms with Gasteiger partial charge in [0.2, 0.25) is 0 Å². The molecule has 2 nitrogen and oxygen atoms in total. The summed E-state index contributed by atoms with van der Waals surface area (Å²) in [5.41, 5.74) is 1.69. The minimum Gasteiger partial charge on any atom is -0.391 e. The second-order valence-electron chi connectivity index (χ2n) is 8.17. The monoisotopic (exact) mass is 419 g/mol. The fraction of sp³-hybridized carbons (Fsp3) is 0.632. The summed E-state index contributed by atoms with van der Waals surface area (Å²) in [7, 11) is 0. The summed E-state index contributed by atoms with van der Waals surface area (Å²) in [6.07, 6.45) is 0.0430. The molecule has 0 unspecified atom stereocenters. The van der Waals surface area contributed by atoms with Crippen LogP contribution in [0.15, 0.2) is 23.4 Å². The Morgan fingerprint density at radius 1 is 0.960 bits per heavy atom. The first-order chi connectivity index (χ1) is 11.5. The van der Waals surface area contributed by atoms with E-state index in [1.807, 2.05) is 41.7 Å². The van der Waals surface area contributed by atoms with Crippen LogP contribution in [0.3, 0.4) is 0 Å². The fourth-order valence-corrected chi connectivity index (χ4v) is 5.02. The lowest BCUT2D eigenvalue weighted by Gasteiger charge is -2.26. The quantitative estimate of drug-likeness (QED) is 0.524. The molecule has 2 atom stereocenters. The molecule has 0 radical (unpaired) electrons. The van der Waals surface area contributed by atoms with E-state index in [-0.39, 0.29) is 21.5 Å². The van der Waals surface area contributed by atoms with Crippen molar-refractivity contribution in [1.29, 1.82) is 0 Å². The second-order valence-corrected chi connectivity index (χ2v) is 12.7. The van der Waals surface area contributed by atoms with Crippen LogP contribution in [-0.4, -0.2) is 32.8 Å². The molecule has 1 heterocycles. The molecule has 6 heteroatoms. The molecule has 1 aromatic carbocycles. The van der Waals surface area contributed by atoms with Gasteiger partial charge in [0.25, 0.3) is 0 Å². The van der Waals surface area contributed by atoms with Crippen molar-refractivity contribution >= 4 is 52.4 Å². The summed E-state index contributed by atoms with van der Waals surface area (Å²) in [6.45, 7) is 13.3. The van der Waals surface area contributed by atoms with E-state index >= 15 is 0 Å². The number of hydrogen-bond donors (Lipinski definition) is 0. The van der Waals surface area contributed by atoms with Crippen LogP contribution in [0.25, 0.3) is 0 Å². The molecule has 1 aliphatic heterocycles. The molecule has 0 spiro atoms. The van der Waals surface area contributed by atoms with E-state index in [4.69, 9.17) is 28.0 Å². The Labute approximate surface area is 170 Å². The lowest BCUT2D eigenvalue weighted by atomic mass is 9.94. The van der Waals surface area contributed by atoms with Gasteiger partial charge in [0.15, 0.2) is 0 Å². The van der Waals surface area contributed by atoms with E-state index in [0.29, 0.717) is 10.0 Å². The first kappa shape index (κ1) is 21.3. The molecule has 2 rings (SSSR count). The van der Waals surface area contributed by atoms with Gasteiger partial charge in [-0.25, -0.2) is 0 Å². The van der Waals surface area contributed by atoms with E-state index in [1.54, 1.807) is 0 Å². The highest BCUT2D eigenvalue weighted by Gasteiger charge is 2.38. The molecule has 0 saturated heterocycles. The Hall–Kier alpha value is -0.0300. The van der Waals surface area contributed by atoms with Crippen molar-refractivity contribution in [2.45, 2.75) is 57.1 Å². The Morgan fingerprint density at radius 3 is 2.00 bits per heavy atom. The van der Waals surface area contributed by atoms with Crippen molar-refractivity contribution in [3.05, 3.63) is 33.8 Å². The standard InChI is InChI=1S/C19H27Cl2NOS2/c1-18(2,3)24-10-12-15(11-25-19(4,5)6)23-22-17(12)16-13(20)8-7-9-14(16)21/h7-9,12,15H,10-11H2,1-6H3/t12-,15-/m1/s1. The third-order valence-electron chi connectivity index (χ3n) is 3.68. The van der Waals surface area contributed by atoms with E-state index in [2.05, 4.69) is 46.7 Å². The second kappa shape index (κ2) is 8.33. The van der Waals surface area contributed by atoms with E-state index in [1.165, 1.54) is 0 Å². The summed E-state index contributed by atoms with van der Waals surface area (Å²) in [6, 6.07) is 5.57. The molecule has 1 aromatic rings. The minimum absolute atomic E-state index is 0.0430. The number of thioether (sulfide) groups is 2. The molecular weight excluding hydrogens is 393 g/mol. The molecule has 0 aliphatic carbocycles. The van der Waals surface area contributed by atoms with Crippen LogP contribution in [0.4, 0.5) is 0 Å². The van der Waals surface area contributed by atoms with Crippen LogP contribution in [0.1, 0.15) is 47.1 Å². The predicted molar refractivity (Wildman–Crippen MR) is 116 cm³/mol. The van der Waals surface area contributed by atoms with E-state index < -0.39 is 0 Å². The minimum atomic E-state index is 0.0430. The van der Waals surface area contributed by atoms with E-state index in [9.17, 15) is 0 Å². The molecule has 0 fully saturated rings. The van der Waals surface area contributed by atoms with Crippen LogP contribution < -0.4 is 0 Å². The van der Waals surface area contributed by atoms with Crippen LogP contribution in [0.5, 0.6) is 0 Å². The zero-order valence-corrected chi connectivity index (χ0v) is 18.9. The highest BCUT2D eigenvalue weighted by atomic mass is 35.5. The van der Waals surface area contributed by atoms with Crippen molar-refractivity contribution in [3.8, 4) is 0 Å². The van der Waals surface area contributed by atoms with Gasteiger partial charge in [-0.3, -0.25) is 0 Å². The molecular formula is C19H27Cl2NOS2. The van der Waals surface area contributed by atoms with Crippen LogP contribution in [0.2, 0.25) is 10.0 Å². The summed E-state index contributed by atoms with van der Waals surface area (Å²) in [5, 5.41) is 5.67. The first-order valence-corrected chi connectivity index (χ1v) is 11.2. The Morgan fingerprint density at radius 2 is 1.48 bits per heavy atom.